The molecule has 134 valence electrons. The minimum absolute atomic E-state index is 0.0200. The van der Waals surface area contributed by atoms with Crippen LogP contribution in [0, 0.1) is 11.8 Å². The van der Waals surface area contributed by atoms with Crippen molar-refractivity contribution in [1.82, 2.24) is 4.90 Å². The molecule has 0 aliphatic heterocycles. The average molecular weight is 355 g/mol. The molecular formula is C24H21NO2. The highest BCUT2D eigenvalue weighted by atomic mass is 16.5. The van der Waals surface area contributed by atoms with Crippen LogP contribution in [0.15, 0.2) is 78.9 Å². The van der Waals surface area contributed by atoms with E-state index in [-0.39, 0.29) is 5.91 Å². The van der Waals surface area contributed by atoms with E-state index in [0.717, 1.165) is 22.4 Å². The monoisotopic (exact) mass is 355 g/mol. The molecule has 0 aromatic heterocycles. The quantitative estimate of drug-likeness (QED) is 0.651. The number of nitrogens with zero attached hydrogens (tertiary/aromatic N) is 1. The first-order chi connectivity index (χ1) is 13.2. The van der Waals surface area contributed by atoms with E-state index in [4.69, 9.17) is 4.74 Å². The number of amides is 1. The molecule has 3 nitrogen and oxygen atoms in total. The summed E-state index contributed by atoms with van der Waals surface area (Å²) in [4.78, 5) is 14.3. The highest BCUT2D eigenvalue weighted by molar-refractivity contribution is 5.94. The molecule has 3 heteroatoms. The van der Waals surface area contributed by atoms with Crippen molar-refractivity contribution in [3.8, 4) is 17.6 Å². The van der Waals surface area contributed by atoms with Gasteiger partial charge in [0, 0.05) is 30.3 Å². The molecule has 0 radical (unpaired) electrons. The fourth-order valence-electron chi connectivity index (χ4n) is 2.66. The topological polar surface area (TPSA) is 29.5 Å². The van der Waals surface area contributed by atoms with Gasteiger partial charge in [-0.15, -0.1) is 0 Å². The SMILES string of the molecule is COc1ccc(CN(C)C(=O)c2ccc(C#Cc3ccccc3)cc2)cc1. The van der Waals surface area contributed by atoms with Crippen LogP contribution in [0.2, 0.25) is 0 Å². The molecule has 3 aromatic rings. The van der Waals surface area contributed by atoms with Crippen LogP contribution in [0.1, 0.15) is 27.0 Å². The molecule has 0 aliphatic rings. The molecule has 27 heavy (non-hydrogen) atoms. The van der Waals surface area contributed by atoms with Crippen LogP contribution in [0.4, 0.5) is 0 Å². The maximum absolute atomic E-state index is 12.6. The first kappa shape index (κ1) is 18.3. The zero-order valence-electron chi connectivity index (χ0n) is 15.5. The molecule has 3 rings (SSSR count). The van der Waals surface area contributed by atoms with Gasteiger partial charge >= 0.3 is 0 Å². The Balaban J connectivity index is 1.65. The highest BCUT2D eigenvalue weighted by Crippen LogP contribution is 2.14. The lowest BCUT2D eigenvalue weighted by Crippen LogP contribution is -2.26. The average Bonchev–Trinajstić information content (AvgIpc) is 2.73. The summed E-state index contributed by atoms with van der Waals surface area (Å²) in [5, 5.41) is 0. The number of carbonyl (C=O) groups excluding carboxylic acids is 1. The summed E-state index contributed by atoms with van der Waals surface area (Å²) in [5.74, 6) is 7.02. The Bertz CT molecular complexity index is 949. The first-order valence-corrected chi connectivity index (χ1v) is 8.71. The fourth-order valence-corrected chi connectivity index (χ4v) is 2.66. The predicted molar refractivity (Wildman–Crippen MR) is 108 cm³/mol. The van der Waals surface area contributed by atoms with Gasteiger partial charge < -0.3 is 9.64 Å². The van der Waals surface area contributed by atoms with Gasteiger partial charge in [0.1, 0.15) is 5.75 Å². The molecule has 0 spiro atoms. The standard InChI is InChI=1S/C24H21NO2/c1-25(18-21-12-16-23(27-2)17-13-21)24(26)22-14-10-20(11-15-22)9-8-19-6-4-3-5-7-19/h3-7,10-17H,18H2,1-2H3. The van der Waals surface area contributed by atoms with Gasteiger partial charge in [-0.05, 0) is 54.1 Å². The first-order valence-electron chi connectivity index (χ1n) is 8.71. The van der Waals surface area contributed by atoms with Crippen LogP contribution in [-0.2, 0) is 6.54 Å². The van der Waals surface area contributed by atoms with Crippen molar-refractivity contribution in [1.29, 1.82) is 0 Å². The Labute approximate surface area is 160 Å². The summed E-state index contributed by atoms with van der Waals surface area (Å²) in [6, 6.07) is 25.0. The van der Waals surface area contributed by atoms with Crippen molar-refractivity contribution in [2.24, 2.45) is 0 Å². The van der Waals surface area contributed by atoms with E-state index in [2.05, 4.69) is 11.8 Å². The summed E-state index contributed by atoms with van der Waals surface area (Å²) in [5.41, 5.74) is 3.55. The number of rotatable bonds is 4. The molecule has 0 N–H and O–H groups in total. The Morgan fingerprint density at radius 2 is 1.44 bits per heavy atom. The third kappa shape index (κ3) is 4.99. The van der Waals surface area contributed by atoms with Crippen molar-refractivity contribution >= 4 is 5.91 Å². The number of hydrogen-bond donors (Lipinski definition) is 0. The second-order valence-corrected chi connectivity index (χ2v) is 6.20. The normalized spacial score (nSPS) is 9.85. The van der Waals surface area contributed by atoms with Crippen LogP contribution in [0.3, 0.4) is 0 Å². The molecule has 0 saturated carbocycles. The lowest BCUT2D eigenvalue weighted by atomic mass is 10.1. The molecule has 0 heterocycles. The number of carbonyl (C=O) groups is 1. The van der Waals surface area contributed by atoms with Gasteiger partial charge in [0.25, 0.3) is 5.91 Å². The van der Waals surface area contributed by atoms with Crippen molar-refractivity contribution in [2.45, 2.75) is 6.54 Å². The summed E-state index contributed by atoms with van der Waals surface area (Å²) in [6.07, 6.45) is 0. The Morgan fingerprint density at radius 1 is 0.852 bits per heavy atom. The van der Waals surface area contributed by atoms with Gasteiger partial charge in [-0.3, -0.25) is 4.79 Å². The van der Waals surface area contributed by atoms with Crippen LogP contribution < -0.4 is 4.74 Å². The summed E-state index contributed by atoms with van der Waals surface area (Å²) in [6.45, 7) is 0.540. The van der Waals surface area contributed by atoms with E-state index < -0.39 is 0 Å². The molecule has 0 unspecified atom stereocenters. The smallest absolute Gasteiger partial charge is 0.253 e. The maximum atomic E-state index is 12.6. The zero-order valence-corrected chi connectivity index (χ0v) is 15.5. The van der Waals surface area contributed by atoms with Gasteiger partial charge in [-0.1, -0.05) is 42.2 Å². The van der Waals surface area contributed by atoms with Crippen molar-refractivity contribution < 1.29 is 9.53 Å². The third-order valence-electron chi connectivity index (χ3n) is 4.18. The Kier molecular flexibility index (Phi) is 5.91. The molecule has 0 fully saturated rings. The number of benzene rings is 3. The minimum atomic E-state index is -0.0200. The molecule has 1 amide bonds. The molecule has 0 bridgehead atoms. The van der Waals surface area contributed by atoms with Gasteiger partial charge in [0.05, 0.1) is 7.11 Å². The number of ether oxygens (including phenoxy) is 1. The van der Waals surface area contributed by atoms with Gasteiger partial charge in [-0.25, -0.2) is 0 Å². The number of hydrogen-bond acceptors (Lipinski definition) is 2. The van der Waals surface area contributed by atoms with Crippen molar-refractivity contribution in [3.05, 3.63) is 101 Å². The largest absolute Gasteiger partial charge is 0.497 e. The highest BCUT2D eigenvalue weighted by Gasteiger charge is 2.11. The van der Waals surface area contributed by atoms with Crippen molar-refractivity contribution in [3.63, 3.8) is 0 Å². The second kappa shape index (κ2) is 8.73. The van der Waals surface area contributed by atoms with Crippen molar-refractivity contribution in [2.75, 3.05) is 14.2 Å². The van der Waals surface area contributed by atoms with Gasteiger partial charge in [-0.2, -0.15) is 0 Å². The summed E-state index contributed by atoms with van der Waals surface area (Å²) >= 11 is 0. The van der Waals surface area contributed by atoms with Gasteiger partial charge in [0.2, 0.25) is 0 Å². The minimum Gasteiger partial charge on any atom is -0.497 e. The van der Waals surface area contributed by atoms with E-state index in [1.54, 1.807) is 19.1 Å². The molecule has 3 aromatic carbocycles. The molecule has 0 aliphatic carbocycles. The lowest BCUT2D eigenvalue weighted by Gasteiger charge is -2.17. The van der Waals surface area contributed by atoms with E-state index >= 15 is 0 Å². The molecular weight excluding hydrogens is 334 g/mol. The number of methoxy groups -OCH3 is 1. The van der Waals surface area contributed by atoms with E-state index in [0.29, 0.717) is 12.1 Å². The van der Waals surface area contributed by atoms with E-state index in [1.807, 2.05) is 78.9 Å². The Morgan fingerprint density at radius 3 is 2.04 bits per heavy atom. The maximum Gasteiger partial charge on any atom is 0.253 e. The fraction of sp³-hybridized carbons (Fsp3) is 0.125. The second-order valence-electron chi connectivity index (χ2n) is 6.20. The van der Waals surface area contributed by atoms with Crippen LogP contribution in [0.5, 0.6) is 5.75 Å². The third-order valence-corrected chi connectivity index (χ3v) is 4.18. The lowest BCUT2D eigenvalue weighted by molar-refractivity contribution is 0.0785. The summed E-state index contributed by atoms with van der Waals surface area (Å²) < 4.78 is 5.16. The molecule has 0 saturated heterocycles. The molecule has 0 atom stereocenters. The predicted octanol–water partition coefficient (Wildman–Crippen LogP) is 4.37. The van der Waals surface area contributed by atoms with Crippen LogP contribution in [0.25, 0.3) is 0 Å². The van der Waals surface area contributed by atoms with Gasteiger partial charge in [0.15, 0.2) is 0 Å². The zero-order chi connectivity index (χ0) is 19.1. The van der Waals surface area contributed by atoms with Crippen LogP contribution >= 0.6 is 0 Å². The van der Waals surface area contributed by atoms with E-state index in [9.17, 15) is 4.79 Å². The van der Waals surface area contributed by atoms with E-state index in [1.165, 1.54) is 0 Å². The Hall–Kier alpha value is -3.51. The summed E-state index contributed by atoms with van der Waals surface area (Å²) in [7, 11) is 3.44. The van der Waals surface area contributed by atoms with Crippen LogP contribution in [-0.4, -0.2) is 25.0 Å².